The van der Waals surface area contributed by atoms with Crippen molar-refractivity contribution in [3.8, 4) is 0 Å². The molecule has 1 aliphatic rings. The summed E-state index contributed by atoms with van der Waals surface area (Å²) in [5.41, 5.74) is 7.07. The molecule has 0 saturated heterocycles. The molecule has 0 aromatic heterocycles. The highest BCUT2D eigenvalue weighted by atomic mass is 16.8. The quantitative estimate of drug-likeness (QED) is 0.438. The Morgan fingerprint density at radius 1 is 1.88 bits per heavy atom. The van der Waals surface area contributed by atoms with Crippen LogP contribution in [0.15, 0.2) is 12.4 Å². The van der Waals surface area contributed by atoms with E-state index in [1.807, 2.05) is 0 Å². The Morgan fingerprint density at radius 3 is 2.88 bits per heavy atom. The second-order valence-electron chi connectivity index (χ2n) is 1.19. The molecule has 0 unspecified atom stereocenters. The van der Waals surface area contributed by atoms with Gasteiger partial charge in [0.1, 0.15) is 0 Å². The molecular weight excluding hydrogens is 110 g/mol. The molecule has 0 saturated carbocycles. The largest absolute Gasteiger partial charge is 0.349 e. The van der Waals surface area contributed by atoms with E-state index in [0.717, 1.165) is 5.06 Å². The lowest BCUT2D eigenvalue weighted by molar-refractivity contribution is -0.102. The first-order valence-electron chi connectivity index (χ1n) is 1.98. The first-order valence-corrected chi connectivity index (χ1v) is 1.98. The van der Waals surface area contributed by atoms with E-state index in [2.05, 4.69) is 10.4 Å². The minimum absolute atomic E-state index is 0.647. The third-order valence-corrected chi connectivity index (χ3v) is 0.646. The molecule has 0 fully saturated rings. The van der Waals surface area contributed by atoms with Crippen molar-refractivity contribution in [3.63, 3.8) is 0 Å². The monoisotopic (exact) mass is 115 g/mol. The number of nitrogens with zero attached hydrogens (tertiary/aromatic N) is 1. The van der Waals surface area contributed by atoms with Gasteiger partial charge >= 0.3 is 6.03 Å². The number of carbonyl (C=O) groups is 1. The Bertz CT molecular complexity index is 132. The van der Waals surface area contributed by atoms with Crippen molar-refractivity contribution in [2.45, 2.75) is 0 Å². The minimum atomic E-state index is -0.647. The van der Waals surface area contributed by atoms with Gasteiger partial charge in [-0.3, -0.25) is 0 Å². The Kier molecular flexibility index (Phi) is 1.05. The minimum Gasteiger partial charge on any atom is -0.349 e. The highest BCUT2D eigenvalue weighted by molar-refractivity contribution is 5.71. The van der Waals surface area contributed by atoms with Gasteiger partial charge in [0.05, 0.1) is 6.20 Å². The Balaban J connectivity index is 2.48. The Labute approximate surface area is 45.6 Å². The summed E-state index contributed by atoms with van der Waals surface area (Å²) in [6, 6.07) is -0.647. The fourth-order valence-electron chi connectivity index (χ4n) is 0.334. The van der Waals surface area contributed by atoms with Gasteiger partial charge in [0.15, 0.2) is 0 Å². The van der Waals surface area contributed by atoms with Crippen LogP contribution in [0.25, 0.3) is 0 Å². The zero-order valence-electron chi connectivity index (χ0n) is 4.00. The van der Waals surface area contributed by atoms with Crippen molar-refractivity contribution >= 4 is 6.03 Å². The molecule has 8 heavy (non-hydrogen) atoms. The molecule has 5 heteroatoms. The summed E-state index contributed by atoms with van der Waals surface area (Å²) in [6.07, 6.45) is 2.83. The van der Waals surface area contributed by atoms with Gasteiger partial charge in [0.25, 0.3) is 0 Å². The maximum Gasteiger partial charge on any atom is 0.345 e. The summed E-state index contributed by atoms with van der Waals surface area (Å²) in [4.78, 5) is 14.5. The van der Waals surface area contributed by atoms with Crippen LogP contribution in [0.5, 0.6) is 0 Å². The lowest BCUT2D eigenvalue weighted by Gasteiger charge is -2.04. The van der Waals surface area contributed by atoms with Crippen LogP contribution in [0.4, 0.5) is 4.79 Å². The van der Waals surface area contributed by atoms with E-state index in [0.29, 0.717) is 0 Å². The van der Waals surface area contributed by atoms with Crippen LogP contribution in [0, 0.1) is 0 Å². The summed E-state index contributed by atoms with van der Waals surface area (Å²) >= 11 is 0. The van der Waals surface area contributed by atoms with Gasteiger partial charge in [-0.15, -0.1) is 4.94 Å². The van der Waals surface area contributed by atoms with Gasteiger partial charge < -0.3 is 5.73 Å². The fraction of sp³-hybridized carbons (Fsp3) is 0. The van der Waals surface area contributed by atoms with Crippen molar-refractivity contribution in [1.29, 1.82) is 0 Å². The fourth-order valence-corrected chi connectivity index (χ4v) is 0.334. The molecule has 5 nitrogen and oxygen atoms in total. The summed E-state index contributed by atoms with van der Waals surface area (Å²) in [5.74, 6) is 0. The molecule has 0 spiro atoms. The zero-order chi connectivity index (χ0) is 5.98. The number of hydroxylamine groups is 3. The molecule has 44 valence electrons. The van der Waals surface area contributed by atoms with Crippen LogP contribution in [-0.4, -0.2) is 11.1 Å². The zero-order valence-corrected chi connectivity index (χ0v) is 4.00. The maximum atomic E-state index is 10.1. The van der Waals surface area contributed by atoms with E-state index in [4.69, 9.17) is 5.73 Å². The molecule has 0 bridgehead atoms. The molecule has 3 N–H and O–H groups in total. The Morgan fingerprint density at radius 2 is 2.62 bits per heavy atom. The lowest BCUT2D eigenvalue weighted by atomic mass is 10.9. The molecule has 1 rings (SSSR count). The van der Waals surface area contributed by atoms with Crippen molar-refractivity contribution in [1.82, 2.24) is 10.5 Å². The van der Waals surface area contributed by atoms with E-state index in [-0.39, 0.29) is 0 Å². The molecule has 1 heterocycles. The number of nitrogens with one attached hydrogen (secondary N) is 1. The number of hydrogen-bond donors (Lipinski definition) is 2. The van der Waals surface area contributed by atoms with Crippen LogP contribution in [0.2, 0.25) is 0 Å². The standard InChI is InChI=1S/C3H5N3O2/c4-3(7)6-2-1-5-8-6/h1-2,5H,(H2,4,7). The second-order valence-corrected chi connectivity index (χ2v) is 1.19. The number of hydrogen-bond acceptors (Lipinski definition) is 3. The van der Waals surface area contributed by atoms with Crippen LogP contribution in [0.3, 0.4) is 0 Å². The van der Waals surface area contributed by atoms with Crippen LogP contribution < -0.4 is 11.2 Å². The van der Waals surface area contributed by atoms with Gasteiger partial charge in [0, 0.05) is 6.20 Å². The molecule has 0 aromatic carbocycles. The van der Waals surface area contributed by atoms with Crippen molar-refractivity contribution in [2.24, 2.45) is 5.73 Å². The highest BCUT2D eigenvalue weighted by Gasteiger charge is 2.08. The number of carbonyl (C=O) groups excluding carboxylic acids is 1. The summed E-state index contributed by atoms with van der Waals surface area (Å²) in [6.45, 7) is 0. The van der Waals surface area contributed by atoms with Crippen molar-refractivity contribution in [3.05, 3.63) is 12.4 Å². The first kappa shape index (κ1) is 4.92. The lowest BCUT2D eigenvalue weighted by Crippen LogP contribution is -2.30. The smallest absolute Gasteiger partial charge is 0.345 e. The number of nitrogens with two attached hydrogens (primary N) is 1. The molecule has 2 amide bonds. The average Bonchev–Trinajstić information content (AvgIpc) is 2.12. The average molecular weight is 115 g/mol. The summed E-state index contributed by atoms with van der Waals surface area (Å²) < 4.78 is 0. The van der Waals surface area contributed by atoms with Gasteiger partial charge in [-0.05, 0) is 0 Å². The van der Waals surface area contributed by atoms with Gasteiger partial charge in [-0.25, -0.2) is 10.3 Å². The number of rotatable bonds is 0. The Hall–Kier alpha value is -1.23. The maximum absolute atomic E-state index is 10.1. The van der Waals surface area contributed by atoms with Gasteiger partial charge in [0.2, 0.25) is 0 Å². The van der Waals surface area contributed by atoms with E-state index in [1.165, 1.54) is 12.4 Å². The topological polar surface area (TPSA) is 67.6 Å². The number of amides is 2. The third kappa shape index (κ3) is 0.710. The number of primary amides is 1. The SMILES string of the molecule is NC(=O)N1C=CNO1. The molecular formula is C3H5N3O2. The third-order valence-electron chi connectivity index (χ3n) is 0.646. The van der Waals surface area contributed by atoms with Crippen LogP contribution in [-0.2, 0) is 4.94 Å². The van der Waals surface area contributed by atoms with Crippen LogP contribution in [0.1, 0.15) is 0 Å². The number of urea groups is 1. The molecule has 0 aromatic rings. The van der Waals surface area contributed by atoms with Crippen molar-refractivity contribution < 1.29 is 9.73 Å². The second kappa shape index (κ2) is 1.71. The molecule has 0 atom stereocenters. The predicted octanol–water partition coefficient (Wildman–Crippen LogP) is -0.712. The van der Waals surface area contributed by atoms with E-state index < -0.39 is 6.03 Å². The van der Waals surface area contributed by atoms with Crippen molar-refractivity contribution in [2.75, 3.05) is 0 Å². The molecule has 0 aliphatic carbocycles. The van der Waals surface area contributed by atoms with E-state index in [1.54, 1.807) is 0 Å². The normalized spacial score (nSPS) is 16.2. The van der Waals surface area contributed by atoms with E-state index in [9.17, 15) is 4.79 Å². The predicted molar refractivity (Wildman–Crippen MR) is 24.8 cm³/mol. The summed E-state index contributed by atoms with van der Waals surface area (Å²) in [5, 5.41) is 0.875. The van der Waals surface area contributed by atoms with Crippen LogP contribution >= 0.6 is 0 Å². The van der Waals surface area contributed by atoms with E-state index >= 15 is 0 Å². The summed E-state index contributed by atoms with van der Waals surface area (Å²) in [7, 11) is 0. The highest BCUT2D eigenvalue weighted by Crippen LogP contribution is 1.93. The molecule has 1 aliphatic heterocycles. The van der Waals surface area contributed by atoms with Gasteiger partial charge in [-0.2, -0.15) is 5.06 Å². The van der Waals surface area contributed by atoms with Gasteiger partial charge in [-0.1, -0.05) is 0 Å². The first-order chi connectivity index (χ1) is 3.80. The molecule has 0 radical (unpaired) electrons.